The lowest BCUT2D eigenvalue weighted by molar-refractivity contribution is -0.150. The number of ether oxygens (including phenoxy) is 2. The fourth-order valence-electron chi connectivity index (χ4n) is 2.70. The zero-order valence-corrected chi connectivity index (χ0v) is 13.7. The Balaban J connectivity index is 2.48. The summed E-state index contributed by atoms with van der Waals surface area (Å²) >= 11 is 0. The number of sulfone groups is 1. The minimum absolute atomic E-state index is 0.0183. The Bertz CT molecular complexity index is 423. The Kier molecular flexibility index (Phi) is 7.09. The van der Waals surface area contributed by atoms with Crippen LogP contribution in [0.25, 0.3) is 0 Å². The highest BCUT2D eigenvalue weighted by molar-refractivity contribution is 7.91. The Morgan fingerprint density at radius 1 is 1.33 bits per heavy atom. The number of carbonyl (C=O) groups excluding carboxylic acids is 1. The summed E-state index contributed by atoms with van der Waals surface area (Å²) in [5.74, 6) is -0.687. The average molecular weight is 322 g/mol. The van der Waals surface area contributed by atoms with Gasteiger partial charge < -0.3 is 14.6 Å². The van der Waals surface area contributed by atoms with Crippen LogP contribution >= 0.6 is 0 Å². The lowest BCUT2D eigenvalue weighted by Gasteiger charge is -2.34. The SMILES string of the molecule is CCOC(=O)C1CCC(O)(CS(=O)(=O)CCCOC)CC1. The molecule has 1 rings (SSSR count). The molecule has 0 aromatic heterocycles. The molecular formula is C14H26O6S. The summed E-state index contributed by atoms with van der Waals surface area (Å²) in [6.07, 6.45) is 2.02. The maximum Gasteiger partial charge on any atom is 0.308 e. The van der Waals surface area contributed by atoms with Gasteiger partial charge in [-0.3, -0.25) is 4.79 Å². The average Bonchev–Trinajstić information content (AvgIpc) is 2.38. The predicted molar refractivity (Wildman–Crippen MR) is 78.7 cm³/mol. The van der Waals surface area contributed by atoms with Crippen molar-refractivity contribution < 1.29 is 27.8 Å². The van der Waals surface area contributed by atoms with E-state index in [9.17, 15) is 18.3 Å². The molecule has 1 fully saturated rings. The molecule has 7 heteroatoms. The first-order valence-corrected chi connectivity index (χ1v) is 9.22. The number of hydrogen-bond acceptors (Lipinski definition) is 6. The van der Waals surface area contributed by atoms with Crippen LogP contribution in [0.3, 0.4) is 0 Å². The molecule has 1 N–H and O–H groups in total. The first-order valence-electron chi connectivity index (χ1n) is 7.40. The van der Waals surface area contributed by atoms with Crippen molar-refractivity contribution in [2.45, 2.75) is 44.6 Å². The summed E-state index contributed by atoms with van der Waals surface area (Å²) in [7, 11) is -1.78. The first kappa shape index (κ1) is 18.4. The van der Waals surface area contributed by atoms with Crippen LogP contribution in [0, 0.1) is 5.92 Å². The molecule has 1 aliphatic rings. The standard InChI is InChI=1S/C14H26O6S/c1-3-20-13(15)12-5-7-14(16,8-6-12)11-21(17,18)10-4-9-19-2/h12,16H,3-11H2,1-2H3. The third-order valence-corrected chi connectivity index (χ3v) is 5.72. The Morgan fingerprint density at radius 2 is 1.95 bits per heavy atom. The summed E-state index contributed by atoms with van der Waals surface area (Å²) in [5, 5.41) is 10.4. The van der Waals surface area contributed by atoms with Crippen LogP contribution in [-0.2, 0) is 24.1 Å². The van der Waals surface area contributed by atoms with Gasteiger partial charge in [-0.05, 0) is 39.0 Å². The van der Waals surface area contributed by atoms with Crippen molar-refractivity contribution in [2.75, 3.05) is 31.8 Å². The molecule has 1 saturated carbocycles. The van der Waals surface area contributed by atoms with Gasteiger partial charge in [0.25, 0.3) is 0 Å². The molecular weight excluding hydrogens is 296 g/mol. The van der Waals surface area contributed by atoms with Crippen LogP contribution < -0.4 is 0 Å². The second-order valence-electron chi connectivity index (χ2n) is 5.69. The van der Waals surface area contributed by atoms with Crippen LogP contribution in [0.5, 0.6) is 0 Å². The molecule has 0 amide bonds. The van der Waals surface area contributed by atoms with Gasteiger partial charge >= 0.3 is 5.97 Å². The molecule has 124 valence electrons. The van der Waals surface area contributed by atoms with Gasteiger partial charge in [0.1, 0.15) is 0 Å². The Hall–Kier alpha value is -0.660. The van der Waals surface area contributed by atoms with Gasteiger partial charge in [0.15, 0.2) is 9.84 Å². The molecule has 0 heterocycles. The topological polar surface area (TPSA) is 89.9 Å². The van der Waals surface area contributed by atoms with Crippen molar-refractivity contribution in [1.82, 2.24) is 0 Å². The molecule has 0 radical (unpaired) electrons. The van der Waals surface area contributed by atoms with E-state index in [1.165, 1.54) is 7.11 Å². The molecule has 0 spiro atoms. The number of methoxy groups -OCH3 is 1. The lowest BCUT2D eigenvalue weighted by Crippen LogP contribution is -2.42. The summed E-state index contributed by atoms with van der Waals surface area (Å²) in [4.78, 5) is 11.6. The monoisotopic (exact) mass is 322 g/mol. The summed E-state index contributed by atoms with van der Waals surface area (Å²) in [5.41, 5.74) is -1.21. The van der Waals surface area contributed by atoms with Crippen LogP contribution in [0.2, 0.25) is 0 Å². The molecule has 0 atom stereocenters. The second kappa shape index (κ2) is 8.10. The van der Waals surface area contributed by atoms with Gasteiger partial charge in [-0.1, -0.05) is 0 Å². The highest BCUT2D eigenvalue weighted by Crippen LogP contribution is 2.34. The van der Waals surface area contributed by atoms with Crippen molar-refractivity contribution in [2.24, 2.45) is 5.92 Å². The van der Waals surface area contributed by atoms with Gasteiger partial charge in [0.2, 0.25) is 0 Å². The molecule has 0 aromatic rings. The summed E-state index contributed by atoms with van der Waals surface area (Å²) in [6, 6.07) is 0. The molecule has 0 aromatic carbocycles. The smallest absolute Gasteiger partial charge is 0.308 e. The predicted octanol–water partition coefficient (Wildman–Crippen LogP) is 0.922. The number of esters is 1. The van der Waals surface area contributed by atoms with Crippen LogP contribution in [-0.4, -0.2) is 56.9 Å². The molecule has 0 bridgehead atoms. The molecule has 0 unspecified atom stereocenters. The highest BCUT2D eigenvalue weighted by atomic mass is 32.2. The van der Waals surface area contributed by atoms with Crippen molar-refractivity contribution in [1.29, 1.82) is 0 Å². The minimum atomic E-state index is -3.31. The Morgan fingerprint density at radius 3 is 2.48 bits per heavy atom. The molecule has 0 aliphatic heterocycles. The Labute approximate surface area is 126 Å². The molecule has 1 aliphatic carbocycles. The number of hydrogen-bond donors (Lipinski definition) is 1. The van der Waals surface area contributed by atoms with E-state index in [1.807, 2.05) is 0 Å². The first-order chi connectivity index (χ1) is 9.82. The van der Waals surface area contributed by atoms with Gasteiger partial charge in [-0.2, -0.15) is 0 Å². The summed E-state index contributed by atoms with van der Waals surface area (Å²) < 4.78 is 33.8. The second-order valence-corrected chi connectivity index (χ2v) is 7.87. The quantitative estimate of drug-likeness (QED) is 0.528. The van der Waals surface area contributed by atoms with E-state index in [0.29, 0.717) is 45.3 Å². The third kappa shape index (κ3) is 6.32. The fraction of sp³-hybridized carbons (Fsp3) is 0.929. The van der Waals surface area contributed by atoms with Gasteiger partial charge in [0, 0.05) is 13.7 Å². The van der Waals surface area contributed by atoms with Crippen LogP contribution in [0.15, 0.2) is 0 Å². The zero-order chi connectivity index (χ0) is 15.9. The number of aliphatic hydroxyl groups is 1. The molecule has 6 nitrogen and oxygen atoms in total. The van der Waals surface area contributed by atoms with E-state index in [2.05, 4.69) is 0 Å². The van der Waals surface area contributed by atoms with Gasteiger partial charge in [-0.25, -0.2) is 8.42 Å². The largest absolute Gasteiger partial charge is 0.466 e. The van der Waals surface area contributed by atoms with E-state index in [0.717, 1.165) is 0 Å². The number of rotatable bonds is 8. The third-order valence-electron chi connectivity index (χ3n) is 3.83. The molecule has 0 saturated heterocycles. The summed E-state index contributed by atoms with van der Waals surface area (Å²) in [6.45, 7) is 2.49. The van der Waals surface area contributed by atoms with Gasteiger partial charge in [-0.15, -0.1) is 0 Å². The number of carbonyl (C=O) groups is 1. The van der Waals surface area contributed by atoms with E-state index in [-0.39, 0.29) is 23.4 Å². The highest BCUT2D eigenvalue weighted by Gasteiger charge is 2.39. The maximum absolute atomic E-state index is 12.0. The zero-order valence-electron chi connectivity index (χ0n) is 12.8. The van der Waals surface area contributed by atoms with Crippen molar-refractivity contribution in [3.8, 4) is 0 Å². The maximum atomic E-state index is 12.0. The van der Waals surface area contributed by atoms with E-state index >= 15 is 0 Å². The molecule has 21 heavy (non-hydrogen) atoms. The fourth-order valence-corrected chi connectivity index (χ4v) is 4.51. The van der Waals surface area contributed by atoms with Crippen molar-refractivity contribution in [3.63, 3.8) is 0 Å². The van der Waals surface area contributed by atoms with Crippen LogP contribution in [0.4, 0.5) is 0 Å². The van der Waals surface area contributed by atoms with Crippen LogP contribution in [0.1, 0.15) is 39.0 Å². The van der Waals surface area contributed by atoms with Gasteiger partial charge in [0.05, 0.1) is 29.6 Å². The van der Waals surface area contributed by atoms with E-state index < -0.39 is 15.4 Å². The van der Waals surface area contributed by atoms with E-state index in [1.54, 1.807) is 6.92 Å². The van der Waals surface area contributed by atoms with Crippen molar-refractivity contribution >= 4 is 15.8 Å². The van der Waals surface area contributed by atoms with Crippen molar-refractivity contribution in [3.05, 3.63) is 0 Å². The lowest BCUT2D eigenvalue weighted by atomic mass is 9.80. The van der Waals surface area contributed by atoms with E-state index in [4.69, 9.17) is 9.47 Å². The normalized spacial score (nSPS) is 26.5. The minimum Gasteiger partial charge on any atom is -0.466 e.